The monoisotopic (exact) mass is 206 g/mol. The van der Waals surface area contributed by atoms with Crippen LogP contribution in [0.4, 0.5) is 5.69 Å². The fraction of sp³-hybridized carbons (Fsp3) is 0.364. The number of nitrogen functional groups attached to an aromatic ring is 1. The topological polar surface area (TPSA) is 49.8 Å². The average Bonchev–Trinajstić information content (AvgIpc) is 2.23. The van der Waals surface area contributed by atoms with Gasteiger partial charge in [-0.25, -0.2) is 0 Å². The predicted octanol–water partition coefficient (Wildman–Crippen LogP) is 2.87. The fourth-order valence-corrected chi connectivity index (χ4v) is 2.27. The highest BCUT2D eigenvalue weighted by molar-refractivity contribution is 6.34. The second-order valence-electron chi connectivity index (χ2n) is 3.61. The van der Waals surface area contributed by atoms with Gasteiger partial charge in [0.25, 0.3) is 0 Å². The summed E-state index contributed by atoms with van der Waals surface area (Å²) in [6, 6.07) is 6.03. The number of anilines is 1. The van der Waals surface area contributed by atoms with Gasteiger partial charge < -0.3 is 5.73 Å². The lowest BCUT2D eigenvalue weighted by molar-refractivity contribution is 0.637. The summed E-state index contributed by atoms with van der Waals surface area (Å²) in [5.74, 6) is -0.00292. The number of benzene rings is 1. The van der Waals surface area contributed by atoms with Crippen LogP contribution in [0.1, 0.15) is 29.9 Å². The summed E-state index contributed by atoms with van der Waals surface area (Å²) < 4.78 is 0. The summed E-state index contributed by atoms with van der Waals surface area (Å²) >= 11 is 6.10. The number of hydrogen-bond donors (Lipinski definition) is 1. The lowest BCUT2D eigenvalue weighted by Crippen LogP contribution is -2.09. The van der Waals surface area contributed by atoms with E-state index in [0.29, 0.717) is 10.7 Å². The van der Waals surface area contributed by atoms with Gasteiger partial charge in [0.2, 0.25) is 0 Å². The van der Waals surface area contributed by atoms with Gasteiger partial charge in [-0.2, -0.15) is 5.26 Å². The van der Waals surface area contributed by atoms with E-state index in [0.717, 1.165) is 30.4 Å². The molecule has 0 bridgehead atoms. The summed E-state index contributed by atoms with van der Waals surface area (Å²) in [6.45, 7) is 0. The molecule has 2 N–H and O–H groups in total. The first-order chi connectivity index (χ1) is 6.74. The van der Waals surface area contributed by atoms with Crippen LogP contribution in [-0.4, -0.2) is 0 Å². The van der Waals surface area contributed by atoms with Gasteiger partial charge in [-0.05, 0) is 36.5 Å². The molecule has 0 amide bonds. The molecule has 0 spiro atoms. The Morgan fingerprint density at radius 2 is 2.29 bits per heavy atom. The molecule has 3 heteroatoms. The number of halogens is 1. The van der Waals surface area contributed by atoms with Crippen molar-refractivity contribution in [1.82, 2.24) is 0 Å². The highest BCUT2D eigenvalue weighted by atomic mass is 35.5. The molecule has 2 nitrogen and oxygen atoms in total. The van der Waals surface area contributed by atoms with Crippen molar-refractivity contribution in [2.75, 3.05) is 5.73 Å². The zero-order chi connectivity index (χ0) is 10.1. The van der Waals surface area contributed by atoms with Crippen LogP contribution < -0.4 is 5.73 Å². The van der Waals surface area contributed by atoms with E-state index in [1.54, 1.807) is 6.07 Å². The maximum Gasteiger partial charge on any atom is 0.0716 e. The van der Waals surface area contributed by atoms with Crippen LogP contribution in [0.5, 0.6) is 0 Å². The normalized spacial score (nSPS) is 19.9. The third kappa shape index (κ3) is 1.34. The summed E-state index contributed by atoms with van der Waals surface area (Å²) in [7, 11) is 0. The van der Waals surface area contributed by atoms with E-state index in [4.69, 9.17) is 22.6 Å². The number of nitriles is 1. The number of hydrogen-bond acceptors (Lipinski definition) is 2. The molecule has 1 aliphatic rings. The van der Waals surface area contributed by atoms with Crippen LogP contribution in [0.3, 0.4) is 0 Å². The van der Waals surface area contributed by atoms with Crippen molar-refractivity contribution in [3.05, 3.63) is 28.3 Å². The molecule has 1 aromatic rings. The first-order valence-corrected chi connectivity index (χ1v) is 5.08. The quantitative estimate of drug-likeness (QED) is 0.664. The van der Waals surface area contributed by atoms with Crippen LogP contribution in [0.25, 0.3) is 0 Å². The lowest BCUT2D eigenvalue weighted by atomic mass is 9.83. The van der Waals surface area contributed by atoms with Crippen molar-refractivity contribution in [3.8, 4) is 6.07 Å². The Morgan fingerprint density at radius 1 is 1.50 bits per heavy atom. The molecular weight excluding hydrogens is 196 g/mol. The van der Waals surface area contributed by atoms with Gasteiger partial charge in [0, 0.05) is 0 Å². The second kappa shape index (κ2) is 3.51. The Kier molecular flexibility index (Phi) is 2.35. The van der Waals surface area contributed by atoms with Crippen molar-refractivity contribution >= 4 is 17.3 Å². The van der Waals surface area contributed by atoms with Crippen molar-refractivity contribution < 1.29 is 0 Å². The third-order valence-corrected chi connectivity index (χ3v) is 3.21. The minimum Gasteiger partial charge on any atom is -0.398 e. The summed E-state index contributed by atoms with van der Waals surface area (Å²) in [6.07, 6.45) is 2.90. The third-order valence-electron chi connectivity index (χ3n) is 2.76. The molecule has 2 rings (SSSR count). The first kappa shape index (κ1) is 9.36. The van der Waals surface area contributed by atoms with Crippen LogP contribution in [0, 0.1) is 11.3 Å². The van der Waals surface area contributed by atoms with Crippen LogP contribution in [0.15, 0.2) is 12.1 Å². The highest BCUT2D eigenvalue weighted by Gasteiger charge is 2.22. The summed E-state index contributed by atoms with van der Waals surface area (Å²) in [5.41, 5.74) is 8.47. The average molecular weight is 207 g/mol. The van der Waals surface area contributed by atoms with Gasteiger partial charge in [-0.3, -0.25) is 0 Å². The van der Waals surface area contributed by atoms with Gasteiger partial charge in [-0.1, -0.05) is 17.7 Å². The summed E-state index contributed by atoms with van der Waals surface area (Å²) in [5, 5.41) is 9.61. The van der Waals surface area contributed by atoms with Crippen molar-refractivity contribution in [2.45, 2.75) is 25.2 Å². The smallest absolute Gasteiger partial charge is 0.0716 e. The number of fused-ring (bicyclic) bond motifs is 1. The molecule has 0 saturated heterocycles. The number of rotatable bonds is 0. The van der Waals surface area contributed by atoms with E-state index in [1.807, 2.05) is 6.07 Å². The lowest BCUT2D eigenvalue weighted by Gasteiger charge is -2.21. The largest absolute Gasteiger partial charge is 0.398 e. The summed E-state index contributed by atoms with van der Waals surface area (Å²) in [4.78, 5) is 0. The van der Waals surface area contributed by atoms with Gasteiger partial charge in [-0.15, -0.1) is 0 Å². The van der Waals surface area contributed by atoms with Gasteiger partial charge in [0.15, 0.2) is 0 Å². The highest BCUT2D eigenvalue weighted by Crippen LogP contribution is 2.37. The molecule has 1 aliphatic carbocycles. The van der Waals surface area contributed by atoms with Crippen LogP contribution in [-0.2, 0) is 6.42 Å². The maximum absolute atomic E-state index is 8.97. The fourth-order valence-electron chi connectivity index (χ4n) is 2.01. The molecule has 0 aromatic heterocycles. The Labute approximate surface area is 88.3 Å². The van der Waals surface area contributed by atoms with Crippen LogP contribution >= 0.6 is 11.6 Å². The molecule has 0 aliphatic heterocycles. The maximum atomic E-state index is 8.97. The van der Waals surface area contributed by atoms with Gasteiger partial charge in [0.05, 0.1) is 22.7 Å². The molecule has 14 heavy (non-hydrogen) atoms. The molecule has 1 atom stereocenters. The van der Waals surface area contributed by atoms with Crippen molar-refractivity contribution in [3.63, 3.8) is 0 Å². The Balaban J connectivity index is 2.57. The Bertz CT molecular complexity index is 406. The second-order valence-corrected chi connectivity index (χ2v) is 3.99. The zero-order valence-corrected chi connectivity index (χ0v) is 8.51. The van der Waals surface area contributed by atoms with Crippen LogP contribution in [0.2, 0.25) is 5.02 Å². The Morgan fingerprint density at radius 3 is 3.00 bits per heavy atom. The molecule has 0 radical (unpaired) electrons. The molecule has 0 saturated carbocycles. The van der Waals surface area contributed by atoms with E-state index in [2.05, 4.69) is 6.07 Å². The minimum atomic E-state index is -0.00292. The van der Waals surface area contributed by atoms with Gasteiger partial charge in [0.1, 0.15) is 0 Å². The van der Waals surface area contributed by atoms with Crippen molar-refractivity contribution in [1.29, 1.82) is 5.26 Å². The molecule has 1 unspecified atom stereocenters. The van der Waals surface area contributed by atoms with E-state index in [9.17, 15) is 0 Å². The zero-order valence-electron chi connectivity index (χ0n) is 7.76. The standard InChI is InChI=1S/C11H11ClN2/c12-11-9-3-1-2-7(6-13)8(9)4-5-10(11)14/h4-5,7H,1-3,14H2. The van der Waals surface area contributed by atoms with Gasteiger partial charge >= 0.3 is 0 Å². The SMILES string of the molecule is N#CC1CCCc2c1ccc(N)c2Cl. The van der Waals surface area contributed by atoms with E-state index < -0.39 is 0 Å². The Hall–Kier alpha value is -1.20. The van der Waals surface area contributed by atoms with E-state index >= 15 is 0 Å². The molecule has 0 heterocycles. The molecule has 72 valence electrons. The van der Waals surface area contributed by atoms with Crippen molar-refractivity contribution in [2.24, 2.45) is 0 Å². The molecule has 0 fully saturated rings. The number of nitrogens with zero attached hydrogens (tertiary/aromatic N) is 1. The first-order valence-electron chi connectivity index (χ1n) is 4.70. The van der Waals surface area contributed by atoms with E-state index in [1.165, 1.54) is 0 Å². The predicted molar refractivity (Wildman–Crippen MR) is 57.2 cm³/mol. The minimum absolute atomic E-state index is 0.00292. The van der Waals surface area contributed by atoms with E-state index in [-0.39, 0.29) is 5.92 Å². The number of nitrogens with two attached hydrogens (primary N) is 1. The molecular formula is C11H11ClN2. The molecule has 1 aromatic carbocycles.